The van der Waals surface area contributed by atoms with Crippen molar-refractivity contribution in [2.75, 3.05) is 18.0 Å². The Kier molecular flexibility index (Phi) is 4.00. The van der Waals surface area contributed by atoms with Crippen LogP contribution in [0.25, 0.3) is 0 Å². The Morgan fingerprint density at radius 2 is 2.00 bits per heavy atom. The fourth-order valence-electron chi connectivity index (χ4n) is 3.66. The minimum Gasteiger partial charge on any atom is -0.335 e. The molecule has 4 rings (SSSR count). The normalized spacial score (nSPS) is 22.6. The third-order valence-corrected chi connectivity index (χ3v) is 4.87. The highest BCUT2D eigenvalue weighted by Gasteiger charge is 2.44. The summed E-state index contributed by atoms with van der Waals surface area (Å²) in [6, 6.07) is 6.63. The van der Waals surface area contributed by atoms with E-state index in [4.69, 9.17) is 5.26 Å². The Balaban J connectivity index is 1.42. The molecule has 26 heavy (non-hydrogen) atoms. The van der Waals surface area contributed by atoms with Crippen molar-refractivity contribution in [2.45, 2.75) is 31.2 Å². The molecule has 0 saturated carbocycles. The molecule has 2 aliphatic heterocycles. The van der Waals surface area contributed by atoms with Crippen LogP contribution < -0.4 is 4.90 Å². The smallest absolute Gasteiger partial charge is 0.335 e. The first-order valence-corrected chi connectivity index (χ1v) is 8.20. The summed E-state index contributed by atoms with van der Waals surface area (Å²) in [5.74, 6) is 0.562. The van der Waals surface area contributed by atoms with Crippen molar-refractivity contribution in [1.82, 2.24) is 19.9 Å². The quantitative estimate of drug-likeness (QED) is 0.836. The van der Waals surface area contributed by atoms with Crippen LogP contribution in [0.2, 0.25) is 0 Å². The van der Waals surface area contributed by atoms with Gasteiger partial charge in [-0.2, -0.15) is 18.4 Å². The minimum absolute atomic E-state index is 0.247. The number of aromatic nitrogens is 3. The Morgan fingerprint density at radius 1 is 1.15 bits per heavy atom. The molecule has 0 aliphatic carbocycles. The summed E-state index contributed by atoms with van der Waals surface area (Å²) in [6.07, 6.45) is -0.581. The number of alkyl halides is 3. The molecule has 2 aliphatic rings. The maximum absolute atomic E-state index is 12.6. The fraction of sp³-hybridized carbons (Fsp3) is 0.412. The van der Waals surface area contributed by atoms with Gasteiger partial charge in [0.25, 0.3) is 0 Å². The Morgan fingerprint density at radius 3 is 2.62 bits per heavy atom. The maximum Gasteiger partial charge on any atom is 0.433 e. The van der Waals surface area contributed by atoms with Crippen LogP contribution >= 0.6 is 0 Å². The number of pyridine rings is 1. The number of fused-ring (bicyclic) bond motifs is 2. The molecule has 0 spiro atoms. The summed E-state index contributed by atoms with van der Waals surface area (Å²) in [4.78, 5) is 16.4. The number of nitriles is 1. The van der Waals surface area contributed by atoms with Gasteiger partial charge in [-0.05, 0) is 24.1 Å². The predicted octanol–water partition coefficient (Wildman–Crippen LogP) is 2.23. The zero-order valence-electron chi connectivity index (χ0n) is 13.7. The molecule has 2 aromatic heterocycles. The molecular formula is C17H15F3N6. The van der Waals surface area contributed by atoms with E-state index in [0.717, 1.165) is 31.1 Å². The lowest BCUT2D eigenvalue weighted by molar-refractivity contribution is -0.141. The van der Waals surface area contributed by atoms with Gasteiger partial charge in [0.15, 0.2) is 0 Å². The second-order valence-electron chi connectivity index (χ2n) is 6.53. The average molecular weight is 360 g/mol. The molecule has 0 aromatic carbocycles. The molecule has 4 heterocycles. The van der Waals surface area contributed by atoms with Crippen LogP contribution in [-0.2, 0) is 12.7 Å². The van der Waals surface area contributed by atoms with Gasteiger partial charge < -0.3 is 4.90 Å². The number of likely N-dealkylation sites (tertiary alicyclic amines) is 1. The van der Waals surface area contributed by atoms with Crippen molar-refractivity contribution in [2.24, 2.45) is 0 Å². The van der Waals surface area contributed by atoms with Gasteiger partial charge in [0.2, 0.25) is 5.95 Å². The zero-order valence-corrected chi connectivity index (χ0v) is 13.7. The summed E-state index contributed by atoms with van der Waals surface area (Å²) in [5.41, 5.74) is 0.232. The van der Waals surface area contributed by atoms with Crippen LogP contribution in [0.1, 0.15) is 23.4 Å². The van der Waals surface area contributed by atoms with Crippen LogP contribution in [0.15, 0.2) is 30.6 Å². The monoisotopic (exact) mass is 360 g/mol. The zero-order chi connectivity index (χ0) is 18.3. The number of piperazine rings is 1. The summed E-state index contributed by atoms with van der Waals surface area (Å²) >= 11 is 0. The molecule has 0 amide bonds. The molecule has 9 heteroatoms. The third kappa shape index (κ3) is 3.08. The first kappa shape index (κ1) is 16.7. The van der Waals surface area contributed by atoms with E-state index in [1.54, 1.807) is 12.3 Å². The fourth-order valence-corrected chi connectivity index (χ4v) is 3.66. The van der Waals surface area contributed by atoms with Crippen molar-refractivity contribution in [3.63, 3.8) is 0 Å². The van der Waals surface area contributed by atoms with E-state index < -0.39 is 11.9 Å². The molecule has 0 radical (unpaired) electrons. The van der Waals surface area contributed by atoms with Gasteiger partial charge in [-0.1, -0.05) is 6.07 Å². The highest BCUT2D eigenvalue weighted by molar-refractivity contribution is 5.39. The van der Waals surface area contributed by atoms with Gasteiger partial charge in [-0.15, -0.1) is 0 Å². The number of hydrogen-bond donors (Lipinski definition) is 0. The van der Waals surface area contributed by atoms with Gasteiger partial charge in [-0.25, -0.2) is 9.97 Å². The summed E-state index contributed by atoms with van der Waals surface area (Å²) in [6.45, 7) is 2.10. The van der Waals surface area contributed by atoms with Crippen molar-refractivity contribution in [3.8, 4) is 6.07 Å². The SMILES string of the molecule is N#Cc1ccnc(N2CC3CC2CN3Cc2ccc(C(F)(F)F)nc2)n1. The Hall–Kier alpha value is -2.73. The van der Waals surface area contributed by atoms with Crippen LogP contribution in [0.5, 0.6) is 0 Å². The largest absolute Gasteiger partial charge is 0.433 e. The van der Waals surface area contributed by atoms with Crippen molar-refractivity contribution < 1.29 is 13.2 Å². The molecule has 2 saturated heterocycles. The first-order valence-electron chi connectivity index (χ1n) is 8.20. The summed E-state index contributed by atoms with van der Waals surface area (Å²) < 4.78 is 37.8. The van der Waals surface area contributed by atoms with Crippen LogP contribution in [0.4, 0.5) is 19.1 Å². The Labute approximate surface area is 147 Å². The van der Waals surface area contributed by atoms with Crippen molar-refractivity contribution in [1.29, 1.82) is 5.26 Å². The molecule has 2 unspecified atom stereocenters. The first-order chi connectivity index (χ1) is 12.4. The molecule has 6 nitrogen and oxygen atoms in total. The van der Waals surface area contributed by atoms with Gasteiger partial charge in [-0.3, -0.25) is 9.88 Å². The van der Waals surface area contributed by atoms with Crippen LogP contribution in [0.3, 0.4) is 0 Å². The minimum atomic E-state index is -4.41. The van der Waals surface area contributed by atoms with Crippen molar-refractivity contribution >= 4 is 5.95 Å². The second-order valence-corrected chi connectivity index (χ2v) is 6.53. The summed E-state index contributed by atoms with van der Waals surface area (Å²) in [5, 5.41) is 8.97. The number of hydrogen-bond acceptors (Lipinski definition) is 6. The number of halogens is 3. The third-order valence-electron chi connectivity index (χ3n) is 4.87. The molecule has 2 atom stereocenters. The standard InChI is InChI=1S/C17H15F3N6/c18-17(19,20)15-2-1-11(7-23-15)8-25-9-14-5-13(25)10-26(14)16-22-4-3-12(6-21)24-16/h1-4,7,13-14H,5,8-10H2. The molecule has 2 bridgehead atoms. The van der Waals surface area contributed by atoms with E-state index >= 15 is 0 Å². The van der Waals surface area contributed by atoms with E-state index in [0.29, 0.717) is 18.2 Å². The highest BCUT2D eigenvalue weighted by Crippen LogP contribution is 2.34. The lowest BCUT2D eigenvalue weighted by Crippen LogP contribution is -2.46. The number of rotatable bonds is 3. The predicted molar refractivity (Wildman–Crippen MR) is 85.9 cm³/mol. The van der Waals surface area contributed by atoms with E-state index in [2.05, 4.69) is 24.8 Å². The van der Waals surface area contributed by atoms with Gasteiger partial charge >= 0.3 is 6.18 Å². The summed E-state index contributed by atoms with van der Waals surface area (Å²) in [7, 11) is 0. The van der Waals surface area contributed by atoms with Gasteiger partial charge in [0.1, 0.15) is 17.5 Å². The average Bonchev–Trinajstić information content (AvgIpc) is 3.22. The molecule has 2 aromatic rings. The van der Waals surface area contributed by atoms with E-state index in [1.165, 1.54) is 12.3 Å². The highest BCUT2D eigenvalue weighted by atomic mass is 19.4. The molecule has 0 N–H and O–H groups in total. The lowest BCUT2D eigenvalue weighted by atomic mass is 10.2. The maximum atomic E-state index is 12.6. The number of nitrogens with zero attached hydrogens (tertiary/aromatic N) is 6. The van der Waals surface area contributed by atoms with E-state index in [9.17, 15) is 13.2 Å². The molecular weight excluding hydrogens is 345 g/mol. The van der Waals surface area contributed by atoms with Gasteiger partial charge in [0.05, 0.1) is 0 Å². The Bertz CT molecular complexity index is 845. The second kappa shape index (κ2) is 6.21. The van der Waals surface area contributed by atoms with E-state index in [1.807, 2.05) is 6.07 Å². The molecule has 134 valence electrons. The molecule has 2 fully saturated rings. The van der Waals surface area contributed by atoms with Crippen LogP contribution in [-0.4, -0.2) is 45.0 Å². The number of anilines is 1. The van der Waals surface area contributed by atoms with Crippen LogP contribution in [0, 0.1) is 11.3 Å². The van der Waals surface area contributed by atoms with Crippen molar-refractivity contribution in [3.05, 3.63) is 47.5 Å². The topological polar surface area (TPSA) is 68.9 Å². The van der Waals surface area contributed by atoms with Gasteiger partial charge in [0, 0.05) is 44.1 Å². The van der Waals surface area contributed by atoms with E-state index in [-0.39, 0.29) is 12.1 Å². The lowest BCUT2D eigenvalue weighted by Gasteiger charge is -2.34.